The zero-order chi connectivity index (χ0) is 13.7. The molecule has 1 aliphatic rings. The molecule has 3 N–H and O–H groups in total. The molecule has 1 aromatic rings. The van der Waals surface area contributed by atoms with Crippen molar-refractivity contribution < 1.29 is 9.76 Å². The molecule has 1 heterocycles. The minimum atomic E-state index is -0.224. The molecule has 5 heteroatoms. The quantitative estimate of drug-likeness (QED) is 0.444. The summed E-state index contributed by atoms with van der Waals surface area (Å²) in [6.07, 6.45) is 1.45. The van der Waals surface area contributed by atoms with Crippen LogP contribution in [0, 0.1) is 0 Å². The summed E-state index contributed by atoms with van der Waals surface area (Å²) in [4.78, 5) is 2.14. The van der Waals surface area contributed by atoms with E-state index in [1.807, 2.05) is 6.07 Å². The zero-order valence-corrected chi connectivity index (χ0v) is 11.2. The Morgan fingerprint density at radius 2 is 2.42 bits per heavy atom. The average Bonchev–Trinajstić information content (AvgIpc) is 2.85. The van der Waals surface area contributed by atoms with Crippen molar-refractivity contribution in [2.45, 2.75) is 18.8 Å². The van der Waals surface area contributed by atoms with Crippen molar-refractivity contribution in [2.24, 2.45) is 5.73 Å². The number of aliphatic hydroxyl groups is 1. The van der Waals surface area contributed by atoms with Crippen LogP contribution in [0.15, 0.2) is 30.8 Å². The number of likely N-dealkylation sites (tertiary alicyclic amines) is 1. The van der Waals surface area contributed by atoms with E-state index in [4.69, 9.17) is 10.4 Å². The summed E-state index contributed by atoms with van der Waals surface area (Å²) in [6.45, 7) is 5.96. The molecule has 0 saturated carbocycles. The molecule has 1 aromatic carbocycles. The molecule has 0 aromatic heterocycles. The van der Waals surface area contributed by atoms with Crippen molar-refractivity contribution >= 4 is 13.2 Å². The molecule has 4 nitrogen and oxygen atoms in total. The summed E-state index contributed by atoms with van der Waals surface area (Å²) in [6, 6.07) is 8.30. The molecule has 0 spiro atoms. The van der Waals surface area contributed by atoms with E-state index in [2.05, 4.69) is 29.7 Å². The molecule has 0 bridgehead atoms. The number of benzene rings is 1. The van der Waals surface area contributed by atoms with Gasteiger partial charge in [0.1, 0.15) is 0 Å². The van der Waals surface area contributed by atoms with Crippen LogP contribution in [-0.4, -0.2) is 43.4 Å². The van der Waals surface area contributed by atoms with Gasteiger partial charge in [-0.3, -0.25) is 0 Å². The van der Waals surface area contributed by atoms with Crippen molar-refractivity contribution in [3.05, 3.63) is 42.0 Å². The normalized spacial score (nSPS) is 18.6. The van der Waals surface area contributed by atoms with Crippen LogP contribution >= 0.6 is 0 Å². The molecule has 0 unspecified atom stereocenters. The van der Waals surface area contributed by atoms with E-state index in [0.717, 1.165) is 30.5 Å². The lowest BCUT2D eigenvalue weighted by Gasteiger charge is -2.21. The topological polar surface area (TPSA) is 58.7 Å². The molecule has 1 atom stereocenters. The molecular formula is C14H21BN2O2. The van der Waals surface area contributed by atoms with Crippen molar-refractivity contribution in [1.82, 2.24) is 4.90 Å². The van der Waals surface area contributed by atoms with Gasteiger partial charge in [0.25, 0.3) is 7.48 Å². The highest BCUT2D eigenvalue weighted by Gasteiger charge is 2.21. The van der Waals surface area contributed by atoms with Gasteiger partial charge in [-0.1, -0.05) is 36.4 Å². The summed E-state index contributed by atoms with van der Waals surface area (Å²) in [5.74, 6) is 0. The SMILES string of the molecule is C=C(c1cccc(CBOCN)c1)N1CC[C@@H](O)C1. The van der Waals surface area contributed by atoms with Crippen LogP contribution < -0.4 is 5.73 Å². The van der Waals surface area contributed by atoms with Crippen LogP contribution in [0.3, 0.4) is 0 Å². The Morgan fingerprint density at radius 3 is 3.11 bits per heavy atom. The molecular weight excluding hydrogens is 239 g/mol. The predicted molar refractivity (Wildman–Crippen MR) is 78.7 cm³/mol. The van der Waals surface area contributed by atoms with Gasteiger partial charge >= 0.3 is 0 Å². The van der Waals surface area contributed by atoms with Crippen molar-refractivity contribution in [2.75, 3.05) is 19.8 Å². The molecule has 1 saturated heterocycles. The maximum Gasteiger partial charge on any atom is 0.281 e. The van der Waals surface area contributed by atoms with Gasteiger partial charge in [0.05, 0.1) is 12.8 Å². The maximum atomic E-state index is 9.58. The second kappa shape index (κ2) is 6.75. The second-order valence-corrected chi connectivity index (χ2v) is 4.86. The van der Waals surface area contributed by atoms with Crippen molar-refractivity contribution in [3.8, 4) is 0 Å². The highest BCUT2D eigenvalue weighted by atomic mass is 16.4. The van der Waals surface area contributed by atoms with E-state index in [-0.39, 0.29) is 12.8 Å². The Bertz CT molecular complexity index is 439. The molecule has 1 aliphatic heterocycles. The number of nitrogens with zero attached hydrogens (tertiary/aromatic N) is 1. The summed E-state index contributed by atoms with van der Waals surface area (Å²) < 4.78 is 5.16. The standard InChI is InChI=1S/C14H21BN2O2/c1-11(17-6-5-14(18)9-17)13-4-2-3-12(7-13)8-15-19-10-16/h2-4,7,14-15,18H,1,5-6,8-10,16H2/t14-/m1/s1. The van der Waals surface area contributed by atoms with Gasteiger partial charge in [-0.05, 0) is 18.3 Å². The lowest BCUT2D eigenvalue weighted by Crippen LogP contribution is -2.20. The molecule has 19 heavy (non-hydrogen) atoms. The van der Waals surface area contributed by atoms with Gasteiger partial charge in [0.2, 0.25) is 0 Å². The van der Waals surface area contributed by atoms with Crippen LogP contribution in [-0.2, 0) is 11.0 Å². The lowest BCUT2D eigenvalue weighted by atomic mass is 9.88. The fourth-order valence-electron chi connectivity index (χ4n) is 2.35. The first-order chi connectivity index (χ1) is 9.20. The van der Waals surface area contributed by atoms with Crippen LogP contribution in [0.2, 0.25) is 0 Å². The first kappa shape index (κ1) is 14.1. The zero-order valence-electron chi connectivity index (χ0n) is 11.2. The Labute approximate surface area is 115 Å². The third-order valence-corrected chi connectivity index (χ3v) is 3.46. The van der Waals surface area contributed by atoms with Crippen LogP contribution in [0.4, 0.5) is 0 Å². The predicted octanol–water partition coefficient (Wildman–Crippen LogP) is 0.508. The number of hydrogen-bond donors (Lipinski definition) is 2. The lowest BCUT2D eigenvalue weighted by molar-refractivity contribution is 0.187. The van der Waals surface area contributed by atoms with Gasteiger partial charge in [-0.25, -0.2) is 0 Å². The number of aliphatic hydroxyl groups excluding tert-OH is 1. The number of β-amino-alcohol motifs (C(OH)–C–C–N with tert-alkyl or cyclic N) is 1. The second-order valence-electron chi connectivity index (χ2n) is 4.86. The fourth-order valence-corrected chi connectivity index (χ4v) is 2.35. The smallest absolute Gasteiger partial charge is 0.281 e. The van der Waals surface area contributed by atoms with Gasteiger partial charge in [-0.15, -0.1) is 0 Å². The summed E-state index contributed by atoms with van der Waals surface area (Å²) in [5, 5.41) is 9.58. The van der Waals surface area contributed by atoms with Crippen molar-refractivity contribution in [1.29, 1.82) is 0 Å². The summed E-state index contributed by atoms with van der Waals surface area (Å²) in [5.41, 5.74) is 8.61. The van der Waals surface area contributed by atoms with E-state index >= 15 is 0 Å². The minimum absolute atomic E-state index is 0.224. The third kappa shape index (κ3) is 3.83. The largest absolute Gasteiger partial charge is 0.427 e. The molecule has 0 amide bonds. The van der Waals surface area contributed by atoms with Crippen LogP contribution in [0.25, 0.3) is 5.70 Å². The first-order valence-corrected chi connectivity index (χ1v) is 6.69. The molecule has 102 valence electrons. The number of hydrogen-bond acceptors (Lipinski definition) is 4. The number of nitrogens with two attached hydrogens (primary N) is 1. The van der Waals surface area contributed by atoms with E-state index in [1.54, 1.807) is 0 Å². The highest BCUT2D eigenvalue weighted by molar-refractivity contribution is 6.26. The average molecular weight is 260 g/mol. The van der Waals surface area contributed by atoms with E-state index in [9.17, 15) is 5.11 Å². The first-order valence-electron chi connectivity index (χ1n) is 6.69. The Balaban J connectivity index is 1.99. The van der Waals surface area contributed by atoms with Gasteiger partial charge in [0.15, 0.2) is 0 Å². The Morgan fingerprint density at radius 1 is 1.58 bits per heavy atom. The van der Waals surface area contributed by atoms with E-state index in [0.29, 0.717) is 14.0 Å². The Hall–Kier alpha value is -1.30. The monoisotopic (exact) mass is 260 g/mol. The van der Waals surface area contributed by atoms with Gasteiger partial charge < -0.3 is 20.4 Å². The van der Waals surface area contributed by atoms with E-state index < -0.39 is 0 Å². The third-order valence-electron chi connectivity index (χ3n) is 3.46. The van der Waals surface area contributed by atoms with Gasteiger partial charge in [-0.2, -0.15) is 0 Å². The summed E-state index contributed by atoms with van der Waals surface area (Å²) in [7, 11) is 0.634. The highest BCUT2D eigenvalue weighted by Crippen LogP contribution is 2.23. The fraction of sp³-hybridized carbons (Fsp3) is 0.429. The summed E-state index contributed by atoms with van der Waals surface area (Å²) >= 11 is 0. The molecule has 0 radical (unpaired) electrons. The van der Waals surface area contributed by atoms with Crippen molar-refractivity contribution in [3.63, 3.8) is 0 Å². The maximum absolute atomic E-state index is 9.58. The van der Waals surface area contributed by atoms with Crippen LogP contribution in [0.5, 0.6) is 0 Å². The number of rotatable bonds is 6. The Kier molecular flexibility index (Phi) is 5.02. The molecule has 2 rings (SSSR count). The minimum Gasteiger partial charge on any atom is -0.427 e. The van der Waals surface area contributed by atoms with E-state index in [1.165, 1.54) is 5.56 Å². The molecule has 1 fully saturated rings. The van der Waals surface area contributed by atoms with Gasteiger partial charge in [0, 0.05) is 18.8 Å². The molecule has 0 aliphatic carbocycles. The van der Waals surface area contributed by atoms with Crippen LogP contribution in [0.1, 0.15) is 17.5 Å².